The molecule has 4 aliphatic carbocycles. The topological polar surface area (TPSA) is 40.5 Å². The molecule has 23 heavy (non-hydrogen) atoms. The second kappa shape index (κ2) is 4.85. The average molecular weight is 319 g/mol. The summed E-state index contributed by atoms with van der Waals surface area (Å²) in [5.41, 5.74) is 1.03. The molecule has 0 aromatic carbocycles. The third-order valence-electron chi connectivity index (χ3n) is 9.21. The third kappa shape index (κ3) is 2.00. The Morgan fingerprint density at radius 1 is 1.00 bits per heavy atom. The van der Waals surface area contributed by atoms with Gasteiger partial charge in [0.15, 0.2) is 0 Å². The van der Waals surface area contributed by atoms with Gasteiger partial charge in [-0.3, -0.25) is 0 Å². The quantitative estimate of drug-likeness (QED) is 0.654. The van der Waals surface area contributed by atoms with Crippen LogP contribution in [0.5, 0.6) is 0 Å². The fraction of sp³-hybridized carbons (Fsp3) is 0.905. The Bertz CT molecular complexity index is 524. The maximum Gasteiger partial charge on any atom is 0.0750 e. The maximum atomic E-state index is 11.0. The van der Waals surface area contributed by atoms with Crippen LogP contribution in [0, 0.1) is 34.5 Å². The predicted octanol–water partition coefficient (Wildman–Crippen LogP) is 4.31. The van der Waals surface area contributed by atoms with Gasteiger partial charge in [-0.05, 0) is 98.4 Å². The minimum Gasteiger partial charge on any atom is -0.390 e. The summed E-state index contributed by atoms with van der Waals surface area (Å²) in [4.78, 5) is 0. The van der Waals surface area contributed by atoms with E-state index in [0.717, 1.165) is 36.7 Å². The van der Waals surface area contributed by atoms with Crippen molar-refractivity contribution in [3.63, 3.8) is 0 Å². The molecule has 4 rings (SSSR count). The smallest absolute Gasteiger partial charge is 0.0750 e. The number of hydrogen-bond acceptors (Lipinski definition) is 2. The Morgan fingerprint density at radius 2 is 1.70 bits per heavy atom. The van der Waals surface area contributed by atoms with E-state index in [1.165, 1.54) is 32.1 Å². The molecule has 0 radical (unpaired) electrons. The van der Waals surface area contributed by atoms with E-state index in [9.17, 15) is 10.2 Å². The molecule has 0 aliphatic heterocycles. The summed E-state index contributed by atoms with van der Waals surface area (Å²) in [6.45, 7) is 11.1. The average Bonchev–Trinajstić information content (AvgIpc) is 2.71. The fourth-order valence-corrected chi connectivity index (χ4v) is 7.48. The maximum absolute atomic E-state index is 11.0. The Morgan fingerprint density at radius 3 is 2.43 bits per heavy atom. The summed E-state index contributed by atoms with van der Waals surface area (Å²) < 4.78 is 0. The summed E-state index contributed by atoms with van der Waals surface area (Å²) in [6.07, 6.45) is 8.84. The lowest BCUT2D eigenvalue weighted by Crippen LogP contribution is -2.56. The standard InChI is InChI=1S/C21H34O2/c1-13-12-19(2)14(11-18(13)22)5-6-15-16(19)7-9-20(3)17(15)8-10-21(20,4)23/h14-18,22-23H,1,5-12H2,2-4H3/t14-,15-,16+,17+,18-,19+,20+,21+/m1/s1. The Hall–Kier alpha value is -0.340. The first kappa shape index (κ1) is 16.1. The van der Waals surface area contributed by atoms with Crippen molar-refractivity contribution < 1.29 is 10.2 Å². The third-order valence-corrected chi connectivity index (χ3v) is 9.21. The number of rotatable bonds is 0. The van der Waals surface area contributed by atoms with Crippen molar-refractivity contribution >= 4 is 0 Å². The van der Waals surface area contributed by atoms with Gasteiger partial charge in [-0.2, -0.15) is 0 Å². The van der Waals surface area contributed by atoms with Crippen molar-refractivity contribution in [1.29, 1.82) is 0 Å². The highest BCUT2D eigenvalue weighted by molar-refractivity contribution is 5.18. The van der Waals surface area contributed by atoms with Crippen molar-refractivity contribution in [1.82, 2.24) is 0 Å². The van der Waals surface area contributed by atoms with Crippen LogP contribution in [0.1, 0.15) is 72.1 Å². The van der Waals surface area contributed by atoms with Gasteiger partial charge in [0.1, 0.15) is 0 Å². The Balaban J connectivity index is 1.66. The van der Waals surface area contributed by atoms with Crippen LogP contribution >= 0.6 is 0 Å². The molecule has 2 heteroatoms. The Labute approximate surface area is 141 Å². The van der Waals surface area contributed by atoms with Gasteiger partial charge >= 0.3 is 0 Å². The first-order chi connectivity index (χ1) is 10.7. The van der Waals surface area contributed by atoms with Crippen LogP contribution in [0.25, 0.3) is 0 Å². The van der Waals surface area contributed by atoms with Gasteiger partial charge in [0.2, 0.25) is 0 Å². The summed E-state index contributed by atoms with van der Waals surface area (Å²) in [6, 6.07) is 0. The van der Waals surface area contributed by atoms with Crippen LogP contribution in [0.4, 0.5) is 0 Å². The van der Waals surface area contributed by atoms with Crippen molar-refractivity contribution in [3.05, 3.63) is 12.2 Å². The van der Waals surface area contributed by atoms with Crippen LogP contribution in [0.2, 0.25) is 0 Å². The van der Waals surface area contributed by atoms with E-state index in [1.54, 1.807) is 0 Å². The second-order valence-electron chi connectivity index (χ2n) is 10.0. The molecule has 0 aromatic heterocycles. The van der Waals surface area contributed by atoms with Gasteiger partial charge in [0.25, 0.3) is 0 Å². The van der Waals surface area contributed by atoms with Crippen molar-refractivity contribution in [3.8, 4) is 0 Å². The molecule has 130 valence electrons. The van der Waals surface area contributed by atoms with Crippen LogP contribution in [0.3, 0.4) is 0 Å². The molecule has 0 aromatic rings. The highest BCUT2D eigenvalue weighted by Crippen LogP contribution is 2.68. The molecule has 4 fully saturated rings. The van der Waals surface area contributed by atoms with Crippen molar-refractivity contribution in [2.45, 2.75) is 83.8 Å². The van der Waals surface area contributed by atoms with Crippen LogP contribution in [-0.2, 0) is 0 Å². The molecule has 0 amide bonds. The molecule has 4 aliphatic rings. The molecule has 0 saturated heterocycles. The SMILES string of the molecule is C=C1C[C@@]2(C)[C@H](CC[C@@H]3[C@@H]2CC[C@@]2(C)[C@H]3CC[C@]2(C)O)C[C@H]1O. The zero-order chi connectivity index (χ0) is 16.6. The normalized spacial score (nSPS) is 59.2. The Kier molecular flexibility index (Phi) is 3.40. The minimum absolute atomic E-state index is 0.114. The number of aliphatic hydroxyl groups excluding tert-OH is 1. The number of fused-ring (bicyclic) bond motifs is 5. The van der Waals surface area contributed by atoms with E-state index in [-0.39, 0.29) is 11.5 Å². The van der Waals surface area contributed by atoms with Gasteiger partial charge in [0.05, 0.1) is 11.7 Å². The molecule has 4 saturated carbocycles. The zero-order valence-electron chi connectivity index (χ0n) is 15.1. The van der Waals surface area contributed by atoms with Gasteiger partial charge in [0, 0.05) is 0 Å². The van der Waals surface area contributed by atoms with E-state index >= 15 is 0 Å². The first-order valence-corrected chi connectivity index (χ1v) is 9.77. The highest BCUT2D eigenvalue weighted by Gasteiger charge is 2.63. The minimum atomic E-state index is -0.479. The molecule has 0 bridgehead atoms. The lowest BCUT2D eigenvalue weighted by Gasteiger charge is -2.61. The highest BCUT2D eigenvalue weighted by atomic mass is 16.3. The largest absolute Gasteiger partial charge is 0.390 e. The van der Waals surface area contributed by atoms with Crippen LogP contribution < -0.4 is 0 Å². The van der Waals surface area contributed by atoms with Gasteiger partial charge in [-0.1, -0.05) is 20.4 Å². The zero-order valence-corrected chi connectivity index (χ0v) is 15.1. The molecule has 0 unspecified atom stereocenters. The first-order valence-electron chi connectivity index (χ1n) is 9.77. The molecule has 2 N–H and O–H groups in total. The van der Waals surface area contributed by atoms with E-state index in [0.29, 0.717) is 17.3 Å². The summed E-state index contributed by atoms with van der Waals surface area (Å²) in [7, 11) is 0. The van der Waals surface area contributed by atoms with Crippen molar-refractivity contribution in [2.75, 3.05) is 0 Å². The molecule has 0 spiro atoms. The van der Waals surface area contributed by atoms with E-state index in [4.69, 9.17) is 0 Å². The van der Waals surface area contributed by atoms with Gasteiger partial charge in [-0.15, -0.1) is 0 Å². The van der Waals surface area contributed by atoms with Crippen molar-refractivity contribution in [2.24, 2.45) is 34.5 Å². The molecule has 0 heterocycles. The molecule has 8 atom stereocenters. The van der Waals surface area contributed by atoms with Gasteiger partial charge < -0.3 is 10.2 Å². The summed E-state index contributed by atoms with van der Waals surface area (Å²) in [5.74, 6) is 2.88. The van der Waals surface area contributed by atoms with Crippen LogP contribution in [-0.4, -0.2) is 21.9 Å². The van der Waals surface area contributed by atoms with E-state index in [1.807, 2.05) is 0 Å². The lowest BCUT2D eigenvalue weighted by molar-refractivity contribution is -0.146. The molecular formula is C21H34O2. The predicted molar refractivity (Wildman–Crippen MR) is 92.9 cm³/mol. The summed E-state index contributed by atoms with van der Waals surface area (Å²) >= 11 is 0. The molecule has 2 nitrogen and oxygen atoms in total. The monoisotopic (exact) mass is 318 g/mol. The lowest BCUT2D eigenvalue weighted by atomic mass is 9.44. The van der Waals surface area contributed by atoms with E-state index < -0.39 is 5.60 Å². The van der Waals surface area contributed by atoms with Gasteiger partial charge in [-0.25, -0.2) is 0 Å². The fourth-order valence-electron chi connectivity index (χ4n) is 7.48. The number of aliphatic hydroxyl groups is 2. The second-order valence-corrected chi connectivity index (χ2v) is 10.0. The van der Waals surface area contributed by atoms with Crippen LogP contribution in [0.15, 0.2) is 12.2 Å². The number of hydrogen-bond donors (Lipinski definition) is 2. The summed E-state index contributed by atoms with van der Waals surface area (Å²) in [5, 5.41) is 21.2. The van der Waals surface area contributed by atoms with E-state index in [2.05, 4.69) is 27.4 Å². The molecular weight excluding hydrogens is 284 g/mol.